The maximum atomic E-state index is 12.1. The summed E-state index contributed by atoms with van der Waals surface area (Å²) in [7, 11) is 0. The molecule has 0 unspecified atom stereocenters. The molecule has 0 bridgehead atoms. The van der Waals surface area contributed by atoms with Gasteiger partial charge < -0.3 is 19.7 Å². The Morgan fingerprint density at radius 3 is 2.83 bits per heavy atom. The van der Waals surface area contributed by atoms with Crippen molar-refractivity contribution >= 4 is 35.0 Å². The summed E-state index contributed by atoms with van der Waals surface area (Å²) in [6.07, 6.45) is 1.09. The van der Waals surface area contributed by atoms with Gasteiger partial charge in [0.15, 0.2) is 11.5 Å². The standard InChI is InChI=1S/C15H15NO6S/c1-2-22-11-7-9(3-4-10(11)17)8-12-14(20)16(15(21)23-12)6-5-13(18)19/h3-4,7-8,17H,2,5-6H2,1H3,(H,18,19)/p-1/b12-8+. The van der Waals surface area contributed by atoms with Crippen LogP contribution in [0.4, 0.5) is 4.79 Å². The van der Waals surface area contributed by atoms with Gasteiger partial charge in [0.2, 0.25) is 0 Å². The molecular formula is C15H14NO6S-. The van der Waals surface area contributed by atoms with E-state index >= 15 is 0 Å². The van der Waals surface area contributed by atoms with Crippen LogP contribution < -0.4 is 9.84 Å². The highest BCUT2D eigenvalue weighted by Gasteiger charge is 2.34. The lowest BCUT2D eigenvalue weighted by Gasteiger charge is -2.12. The third kappa shape index (κ3) is 4.04. The highest BCUT2D eigenvalue weighted by molar-refractivity contribution is 8.18. The highest BCUT2D eigenvalue weighted by atomic mass is 32.2. The van der Waals surface area contributed by atoms with Crippen molar-refractivity contribution in [1.29, 1.82) is 0 Å². The Morgan fingerprint density at radius 2 is 2.17 bits per heavy atom. The zero-order valence-corrected chi connectivity index (χ0v) is 13.1. The van der Waals surface area contributed by atoms with Gasteiger partial charge in [-0.25, -0.2) is 0 Å². The van der Waals surface area contributed by atoms with Gasteiger partial charge in [0, 0.05) is 18.9 Å². The molecule has 0 aliphatic carbocycles. The lowest BCUT2D eigenvalue weighted by Crippen LogP contribution is -2.33. The van der Waals surface area contributed by atoms with Gasteiger partial charge >= 0.3 is 0 Å². The minimum Gasteiger partial charge on any atom is -0.550 e. The van der Waals surface area contributed by atoms with Crippen LogP contribution in [0.3, 0.4) is 0 Å². The minimum absolute atomic E-state index is 0.0222. The highest BCUT2D eigenvalue weighted by Crippen LogP contribution is 2.34. The number of hydrogen-bond donors (Lipinski definition) is 1. The second kappa shape index (κ2) is 7.19. The molecule has 2 rings (SSSR count). The van der Waals surface area contributed by atoms with E-state index in [4.69, 9.17) is 4.74 Å². The average molecular weight is 336 g/mol. The Hall–Kier alpha value is -2.48. The maximum Gasteiger partial charge on any atom is 0.293 e. The molecule has 1 aromatic rings. The number of carbonyl (C=O) groups excluding carboxylic acids is 3. The van der Waals surface area contributed by atoms with Crippen LogP contribution in [-0.2, 0) is 9.59 Å². The number of ether oxygens (including phenoxy) is 1. The number of phenols is 1. The number of amides is 2. The number of thioether (sulfide) groups is 1. The fraction of sp³-hybridized carbons (Fsp3) is 0.267. The van der Waals surface area contributed by atoms with Crippen molar-refractivity contribution in [2.45, 2.75) is 13.3 Å². The van der Waals surface area contributed by atoms with Crippen molar-refractivity contribution in [2.24, 2.45) is 0 Å². The Bertz CT molecular complexity index is 685. The normalized spacial score (nSPS) is 16.2. The number of benzene rings is 1. The Kier molecular flexibility index (Phi) is 5.28. The number of aromatic hydroxyl groups is 1. The van der Waals surface area contributed by atoms with Crippen molar-refractivity contribution < 1.29 is 29.3 Å². The van der Waals surface area contributed by atoms with Crippen LogP contribution in [0.1, 0.15) is 18.9 Å². The molecule has 1 aromatic carbocycles. The zero-order chi connectivity index (χ0) is 17.0. The van der Waals surface area contributed by atoms with Crippen molar-refractivity contribution in [3.05, 3.63) is 28.7 Å². The van der Waals surface area contributed by atoms with Gasteiger partial charge in [0.25, 0.3) is 11.1 Å². The molecule has 1 aliphatic rings. The summed E-state index contributed by atoms with van der Waals surface area (Å²) >= 11 is 0.734. The van der Waals surface area contributed by atoms with E-state index in [9.17, 15) is 24.6 Å². The number of phenolic OH excluding ortho intramolecular Hbond substituents is 1. The number of carboxylic acids is 1. The molecular weight excluding hydrogens is 322 g/mol. The second-order valence-corrected chi connectivity index (χ2v) is 5.61. The number of imide groups is 1. The van der Waals surface area contributed by atoms with Crippen LogP contribution in [-0.4, -0.2) is 40.3 Å². The third-order valence-electron chi connectivity index (χ3n) is 2.99. The van der Waals surface area contributed by atoms with Crippen LogP contribution in [0.2, 0.25) is 0 Å². The topological polar surface area (TPSA) is 107 Å². The van der Waals surface area contributed by atoms with Gasteiger partial charge in [0.05, 0.1) is 11.5 Å². The van der Waals surface area contributed by atoms with Crippen LogP contribution in [0.25, 0.3) is 6.08 Å². The van der Waals surface area contributed by atoms with E-state index in [1.54, 1.807) is 19.1 Å². The molecule has 0 aromatic heterocycles. The van der Waals surface area contributed by atoms with Gasteiger partial charge in [-0.2, -0.15) is 0 Å². The van der Waals surface area contributed by atoms with Gasteiger partial charge in [0.1, 0.15) is 0 Å². The molecule has 1 aliphatic heterocycles. The van der Waals surface area contributed by atoms with E-state index in [1.807, 2.05) is 0 Å². The fourth-order valence-corrected chi connectivity index (χ4v) is 2.80. The first-order valence-corrected chi connectivity index (χ1v) is 7.65. The molecule has 23 heavy (non-hydrogen) atoms. The molecule has 122 valence electrons. The van der Waals surface area contributed by atoms with Gasteiger partial charge in [-0.15, -0.1) is 0 Å². The number of carbonyl (C=O) groups is 3. The monoisotopic (exact) mass is 336 g/mol. The summed E-state index contributed by atoms with van der Waals surface area (Å²) in [6, 6.07) is 4.55. The van der Waals surface area contributed by atoms with E-state index in [1.165, 1.54) is 12.1 Å². The molecule has 7 nitrogen and oxygen atoms in total. The predicted molar refractivity (Wildman–Crippen MR) is 81.6 cm³/mol. The summed E-state index contributed by atoms with van der Waals surface area (Å²) in [5.41, 5.74) is 0.580. The molecule has 1 saturated heterocycles. The molecule has 0 radical (unpaired) electrons. The summed E-state index contributed by atoms with van der Waals surface area (Å²) in [4.78, 5) is 35.4. The lowest BCUT2D eigenvalue weighted by atomic mass is 10.2. The number of nitrogens with zero attached hydrogens (tertiary/aromatic N) is 1. The van der Waals surface area contributed by atoms with E-state index in [0.717, 1.165) is 16.7 Å². The van der Waals surface area contributed by atoms with Crippen LogP contribution >= 0.6 is 11.8 Å². The predicted octanol–water partition coefficient (Wildman–Crippen LogP) is 0.967. The van der Waals surface area contributed by atoms with E-state index in [-0.39, 0.29) is 22.9 Å². The number of rotatable bonds is 6. The maximum absolute atomic E-state index is 12.1. The van der Waals surface area contributed by atoms with E-state index in [2.05, 4.69) is 0 Å². The van der Waals surface area contributed by atoms with Gasteiger partial charge in [-0.1, -0.05) is 6.07 Å². The Balaban J connectivity index is 2.20. The molecule has 0 atom stereocenters. The second-order valence-electron chi connectivity index (χ2n) is 4.62. The SMILES string of the molecule is CCOc1cc(/C=C2/SC(=O)N(CCC(=O)[O-])C2=O)ccc1O. The number of hydrogen-bond acceptors (Lipinski definition) is 7. The summed E-state index contributed by atoms with van der Waals surface area (Å²) in [5.74, 6) is -1.62. The smallest absolute Gasteiger partial charge is 0.293 e. The lowest BCUT2D eigenvalue weighted by molar-refractivity contribution is -0.305. The molecule has 0 saturated carbocycles. The molecule has 8 heteroatoms. The molecule has 1 heterocycles. The van der Waals surface area contributed by atoms with Crippen LogP contribution in [0.15, 0.2) is 23.1 Å². The average Bonchev–Trinajstić information content (AvgIpc) is 2.75. The summed E-state index contributed by atoms with van der Waals surface area (Å²) < 4.78 is 5.26. The van der Waals surface area contributed by atoms with E-state index < -0.39 is 23.5 Å². The van der Waals surface area contributed by atoms with Crippen LogP contribution in [0, 0.1) is 0 Å². The quantitative estimate of drug-likeness (QED) is 0.771. The van der Waals surface area contributed by atoms with Gasteiger partial charge in [-0.05, 0) is 42.5 Å². The first kappa shape index (κ1) is 16.9. The molecule has 1 fully saturated rings. The molecule has 0 spiro atoms. The number of carboxylic acid groups (broad SMARTS) is 1. The van der Waals surface area contributed by atoms with Crippen molar-refractivity contribution in [2.75, 3.05) is 13.2 Å². The van der Waals surface area contributed by atoms with Crippen LogP contribution in [0.5, 0.6) is 11.5 Å². The first-order valence-electron chi connectivity index (χ1n) is 6.83. The zero-order valence-electron chi connectivity index (χ0n) is 12.3. The minimum atomic E-state index is -1.33. The van der Waals surface area contributed by atoms with Crippen molar-refractivity contribution in [3.8, 4) is 11.5 Å². The van der Waals surface area contributed by atoms with Crippen molar-refractivity contribution in [3.63, 3.8) is 0 Å². The Morgan fingerprint density at radius 1 is 1.43 bits per heavy atom. The van der Waals surface area contributed by atoms with E-state index in [0.29, 0.717) is 12.2 Å². The third-order valence-corrected chi connectivity index (χ3v) is 3.90. The number of aliphatic carboxylic acids is 1. The Labute approximate surface area is 136 Å². The first-order chi connectivity index (χ1) is 10.9. The fourth-order valence-electron chi connectivity index (χ4n) is 1.94. The molecule has 1 N–H and O–H groups in total. The van der Waals surface area contributed by atoms with Crippen molar-refractivity contribution in [1.82, 2.24) is 4.90 Å². The summed E-state index contributed by atoms with van der Waals surface area (Å²) in [5, 5.41) is 19.6. The largest absolute Gasteiger partial charge is 0.550 e. The van der Waals surface area contributed by atoms with Gasteiger partial charge in [-0.3, -0.25) is 14.5 Å². The molecule has 2 amide bonds. The summed E-state index contributed by atoms with van der Waals surface area (Å²) in [6.45, 7) is 1.93.